The summed E-state index contributed by atoms with van der Waals surface area (Å²) in [6.45, 7) is 14.9. The second kappa shape index (κ2) is 30.3. The van der Waals surface area contributed by atoms with Gasteiger partial charge in [0, 0.05) is 37.3 Å². The smallest absolute Gasteiger partial charge is 0.453 e. The third-order valence-electron chi connectivity index (χ3n) is 15.6. The maximum absolute atomic E-state index is 13.0. The molecule has 2 fully saturated rings. The molecule has 4 aliphatic carbocycles. The van der Waals surface area contributed by atoms with Crippen LogP contribution in [-0.4, -0.2) is 92.3 Å². The van der Waals surface area contributed by atoms with Gasteiger partial charge in [-0.15, -0.1) is 23.2 Å². The first-order valence-corrected chi connectivity index (χ1v) is 28.7. The summed E-state index contributed by atoms with van der Waals surface area (Å²) in [6.07, 6.45) is 21.0. The first kappa shape index (κ1) is 62.9. The Morgan fingerprint density at radius 1 is 0.901 bits per heavy atom. The Hall–Kier alpha value is -2.35. The molecule has 6 nitrogen and oxygen atoms in total. The summed E-state index contributed by atoms with van der Waals surface area (Å²) in [6, 6.07) is 5.92. The van der Waals surface area contributed by atoms with Crippen LogP contribution in [0.4, 0.5) is 22.0 Å². The summed E-state index contributed by atoms with van der Waals surface area (Å²) < 4.78 is 74.5. The number of carbonyl (C=O) groups is 1. The Morgan fingerprint density at radius 3 is 2.15 bits per heavy atom. The van der Waals surface area contributed by atoms with Gasteiger partial charge >= 0.3 is 18.1 Å². The number of aromatic hydroxyl groups is 1. The molecule has 0 aliphatic heterocycles. The van der Waals surface area contributed by atoms with Gasteiger partial charge in [0.2, 0.25) is 0 Å². The number of hydrogen-bond acceptors (Lipinski definition) is 5. The average Bonchev–Trinajstić information content (AvgIpc) is 3.58. The number of carboxylic acid groups (broad SMARTS) is 1. The monoisotopic (exact) mass is 1060 g/mol. The number of aliphatic hydroxyl groups excluding tert-OH is 1. The van der Waals surface area contributed by atoms with Gasteiger partial charge in [-0.2, -0.15) is 22.0 Å². The van der Waals surface area contributed by atoms with Crippen LogP contribution in [0.2, 0.25) is 0 Å². The molecule has 4 aliphatic rings. The average molecular weight is 1060 g/mol. The predicted octanol–water partition coefficient (Wildman–Crippen LogP) is 15.7. The van der Waals surface area contributed by atoms with E-state index in [1.165, 1.54) is 47.6 Å². The van der Waals surface area contributed by atoms with Crippen LogP contribution in [0.15, 0.2) is 76.9 Å². The van der Waals surface area contributed by atoms with Crippen molar-refractivity contribution in [1.29, 1.82) is 0 Å². The van der Waals surface area contributed by atoms with Crippen molar-refractivity contribution in [2.75, 3.05) is 43.4 Å². The van der Waals surface area contributed by atoms with Crippen molar-refractivity contribution in [1.82, 2.24) is 4.90 Å². The summed E-state index contributed by atoms with van der Waals surface area (Å²) in [4.78, 5) is 12.6. The minimum atomic E-state index is -5.54. The lowest BCUT2D eigenvalue weighted by atomic mass is 9.52. The molecule has 0 bridgehead atoms. The van der Waals surface area contributed by atoms with E-state index in [-0.39, 0.29) is 22.7 Å². The van der Waals surface area contributed by atoms with Crippen LogP contribution in [0.25, 0.3) is 0 Å². The zero-order valence-corrected chi connectivity index (χ0v) is 46.0. The van der Waals surface area contributed by atoms with Gasteiger partial charge in [-0.05, 0) is 174 Å². The summed E-state index contributed by atoms with van der Waals surface area (Å²) in [5, 5.41) is 29.6. The van der Waals surface area contributed by atoms with E-state index in [2.05, 4.69) is 57.7 Å². The molecule has 0 heterocycles. The molecule has 404 valence electrons. The van der Waals surface area contributed by atoms with Gasteiger partial charge in [0.25, 0.3) is 0 Å². The Balaban J connectivity index is 0.000000370. The highest BCUT2D eigenvalue weighted by Crippen LogP contribution is 2.63. The SMILES string of the molecule is CC1=C(/C=C/C(C)=C/C=C/C(C)=C\C(=O)O)C(C)(C)CCC1.CN(CCCl)CCCl.C[C@]12CC[C@@H]3c4ccc(O)cc4C[C@@H](CCCCCCCCC[S+]([O-])CCCC(F)(F)C(F)(F)F)[C@H]3[C@@H]1CC[C@@H]2O. The second-order valence-corrected chi connectivity index (χ2v) is 24.1. The molecular formula is C57H86Cl2F5NO5S. The number of halogens is 7. The topological polar surface area (TPSA) is 104 Å². The summed E-state index contributed by atoms with van der Waals surface area (Å²) in [5.74, 6) is -1.45. The third-order valence-corrected chi connectivity index (χ3v) is 17.4. The maximum atomic E-state index is 13.0. The fraction of sp³-hybridized carbons (Fsp3) is 0.702. The molecule has 1 unspecified atom stereocenters. The van der Waals surface area contributed by atoms with E-state index in [1.54, 1.807) is 13.0 Å². The van der Waals surface area contributed by atoms with Crippen LogP contribution >= 0.6 is 23.2 Å². The molecule has 1 aromatic rings. The Labute approximate surface area is 436 Å². The molecule has 0 saturated heterocycles. The highest BCUT2D eigenvalue weighted by atomic mass is 35.5. The fourth-order valence-corrected chi connectivity index (χ4v) is 13.3. The van der Waals surface area contributed by atoms with Crippen LogP contribution in [0.3, 0.4) is 0 Å². The molecule has 0 spiro atoms. The van der Waals surface area contributed by atoms with Crippen molar-refractivity contribution in [2.45, 2.75) is 181 Å². The molecular weight excluding hydrogens is 977 g/mol. The lowest BCUT2D eigenvalue weighted by Gasteiger charge is -2.53. The molecule has 5 rings (SSSR count). The number of rotatable bonds is 23. The highest BCUT2D eigenvalue weighted by Gasteiger charge is 2.57. The van der Waals surface area contributed by atoms with E-state index < -0.39 is 42.1 Å². The zero-order chi connectivity index (χ0) is 53.0. The number of phenols is 1. The number of aliphatic carboxylic acids is 1. The molecule has 0 amide bonds. The van der Waals surface area contributed by atoms with Gasteiger partial charge in [0.1, 0.15) is 17.3 Å². The summed E-state index contributed by atoms with van der Waals surface area (Å²) in [7, 11) is 2.00. The van der Waals surface area contributed by atoms with Crippen molar-refractivity contribution in [3.63, 3.8) is 0 Å². The second-order valence-electron chi connectivity index (χ2n) is 21.6. The lowest BCUT2D eigenvalue weighted by Crippen LogP contribution is -2.47. The number of nitrogens with zero attached hydrogens (tertiary/aromatic N) is 1. The van der Waals surface area contributed by atoms with Gasteiger partial charge in [0.05, 0.1) is 6.10 Å². The quantitative estimate of drug-likeness (QED) is 0.0252. The van der Waals surface area contributed by atoms with E-state index in [9.17, 15) is 41.5 Å². The maximum Gasteiger partial charge on any atom is 0.453 e. The Bertz CT molecular complexity index is 1950. The molecule has 0 radical (unpaired) electrons. The standard InChI is InChI=1S/C32H47F5O3S.C20H28O2.C5H11Cl2N/c1-30-17-15-26-25-12-11-24(38)21-23(25)20-22(29(26)27(30)13-14-28(30)39)10-7-5-3-2-4-6-8-18-41(40)19-9-16-31(33,34)32(35,36)37;1-15(8-6-9-16(2)14-19(21)22)11-12-18-17(3)10-7-13-20(18,4)5;1-8(4-2-6)5-3-7/h11-12,21-22,26-29,38-39H,2-10,13-20H2,1H3;6,8-9,11-12,14H,7,10,13H2,1-5H3,(H,21,22);2-5H2,1H3/b;9-6+,12-11+,15-8+,16-14-;/t22-,26-,27+,28+,29-,30+,41?;;/m1../s1. The van der Waals surface area contributed by atoms with Gasteiger partial charge in [-0.25, -0.2) is 4.79 Å². The number of carboxylic acids is 1. The van der Waals surface area contributed by atoms with Crippen molar-refractivity contribution >= 4 is 40.3 Å². The first-order chi connectivity index (χ1) is 33.4. The summed E-state index contributed by atoms with van der Waals surface area (Å²) in [5.41, 5.74) is 7.82. The molecule has 0 aromatic heterocycles. The van der Waals surface area contributed by atoms with Gasteiger partial charge in [-0.1, -0.05) is 112 Å². The molecule has 14 heteroatoms. The molecule has 2 saturated carbocycles. The number of hydrogen-bond donors (Lipinski definition) is 3. The highest BCUT2D eigenvalue weighted by molar-refractivity contribution is 7.91. The van der Waals surface area contributed by atoms with Crippen LogP contribution < -0.4 is 0 Å². The van der Waals surface area contributed by atoms with Crippen molar-refractivity contribution in [3.8, 4) is 5.75 Å². The zero-order valence-electron chi connectivity index (χ0n) is 43.7. The van der Waals surface area contributed by atoms with Crippen LogP contribution in [0, 0.1) is 28.6 Å². The van der Waals surface area contributed by atoms with E-state index in [1.807, 2.05) is 31.3 Å². The number of phenolic OH excluding ortho intramolecular Hbond substituents is 1. The number of aliphatic hydroxyl groups is 1. The van der Waals surface area contributed by atoms with E-state index in [0.29, 0.717) is 53.4 Å². The van der Waals surface area contributed by atoms with Gasteiger partial charge in [-0.3, -0.25) is 0 Å². The van der Waals surface area contributed by atoms with Crippen molar-refractivity contribution in [3.05, 3.63) is 88.1 Å². The number of benzene rings is 1. The number of alkyl halides is 7. The van der Waals surface area contributed by atoms with E-state index in [4.69, 9.17) is 28.3 Å². The largest absolute Gasteiger partial charge is 0.616 e. The molecule has 71 heavy (non-hydrogen) atoms. The first-order valence-electron chi connectivity index (χ1n) is 26.1. The summed E-state index contributed by atoms with van der Waals surface area (Å²) >= 11 is 9.54. The van der Waals surface area contributed by atoms with Gasteiger partial charge < -0.3 is 24.8 Å². The van der Waals surface area contributed by atoms with E-state index in [0.717, 1.165) is 101 Å². The number of fused-ring (bicyclic) bond motifs is 5. The van der Waals surface area contributed by atoms with Crippen LogP contribution in [0.5, 0.6) is 5.75 Å². The van der Waals surface area contributed by atoms with Crippen LogP contribution in [0.1, 0.15) is 168 Å². The minimum Gasteiger partial charge on any atom is -0.616 e. The predicted molar refractivity (Wildman–Crippen MR) is 285 cm³/mol. The van der Waals surface area contributed by atoms with E-state index >= 15 is 0 Å². The minimum absolute atomic E-state index is 0.0195. The molecule has 7 atom stereocenters. The molecule has 3 N–H and O–H groups in total. The van der Waals surface area contributed by atoms with Crippen molar-refractivity contribution < 1.29 is 46.6 Å². The van der Waals surface area contributed by atoms with Crippen molar-refractivity contribution in [2.24, 2.45) is 28.6 Å². The lowest BCUT2D eigenvalue weighted by molar-refractivity contribution is -0.284. The Kier molecular flexibility index (Phi) is 26.8. The third kappa shape index (κ3) is 20.4. The van der Waals surface area contributed by atoms with Gasteiger partial charge in [0.15, 0.2) is 0 Å². The molecule has 1 aromatic carbocycles. The number of unbranched alkanes of at least 4 members (excludes halogenated alkanes) is 6. The normalized spacial score (nSPS) is 25.1. The van der Waals surface area contributed by atoms with Crippen LogP contribution in [-0.2, 0) is 22.4 Å². The fourth-order valence-electron chi connectivity index (χ4n) is 11.6. The Morgan fingerprint density at radius 2 is 1.54 bits per heavy atom. The number of allylic oxidation sites excluding steroid dienone is 9.